The quantitative estimate of drug-likeness (QED) is 0.452. The molecule has 0 bridgehead atoms. The van der Waals surface area contributed by atoms with Crippen LogP contribution in [-0.2, 0) is 9.59 Å². The van der Waals surface area contributed by atoms with E-state index in [4.69, 9.17) is 0 Å². The second kappa shape index (κ2) is 13.4. The summed E-state index contributed by atoms with van der Waals surface area (Å²) in [6.07, 6.45) is 1.14. The molecule has 2 unspecified atom stereocenters. The zero-order valence-electron chi connectivity index (χ0n) is 8.66. The molecule has 0 aliphatic heterocycles. The number of hydrogen-bond acceptors (Lipinski definition) is 4. The maximum absolute atomic E-state index is 9.77. The summed E-state index contributed by atoms with van der Waals surface area (Å²) in [5.74, 6) is -2.08. The van der Waals surface area contributed by atoms with Crippen molar-refractivity contribution in [1.82, 2.24) is 0 Å². The van der Waals surface area contributed by atoms with Crippen LogP contribution in [0.1, 0.15) is 26.7 Å². The minimum Gasteiger partial charge on any atom is -0.549 e. The van der Waals surface area contributed by atoms with Crippen molar-refractivity contribution >= 4 is 89.3 Å². The molecule has 0 spiro atoms. The molecular weight excluding hydrogens is 408 g/mol. The zero-order valence-corrected chi connectivity index (χ0v) is 15.3. The van der Waals surface area contributed by atoms with Crippen LogP contribution in [0.2, 0.25) is 0 Å². The number of carboxylic acid groups (broad SMARTS) is 2. The Bertz CT molecular complexity index is 169. The molecule has 2 atom stereocenters. The number of rotatable bonds is 4. The largest absolute Gasteiger partial charge is 2.00 e. The van der Waals surface area contributed by atoms with Crippen LogP contribution >= 0.6 is 31.9 Å². The standard InChI is InChI=1S/2C4H7BrO2.Sr/c2*1-2-3(5)4(6)7;/h2*3H,2H2,1H3,(H,6,7);/q;;+2/p-2. The Morgan fingerprint density at radius 3 is 1.20 bits per heavy atom. The molecule has 0 aliphatic rings. The molecule has 15 heavy (non-hydrogen) atoms. The Hall–Kier alpha value is 1.38. The van der Waals surface area contributed by atoms with Gasteiger partial charge in [0.15, 0.2) is 0 Å². The minimum absolute atomic E-state index is 0. The van der Waals surface area contributed by atoms with E-state index in [1.165, 1.54) is 0 Å². The van der Waals surface area contributed by atoms with Gasteiger partial charge in [0.1, 0.15) is 0 Å². The number of hydrogen-bond donors (Lipinski definition) is 0. The molecule has 0 aliphatic carbocycles. The van der Waals surface area contributed by atoms with Crippen molar-refractivity contribution in [3.05, 3.63) is 0 Å². The van der Waals surface area contributed by atoms with E-state index in [1.807, 2.05) is 0 Å². The number of carboxylic acids is 2. The van der Waals surface area contributed by atoms with Gasteiger partial charge >= 0.3 is 45.5 Å². The van der Waals surface area contributed by atoms with Crippen LogP contribution in [0.3, 0.4) is 0 Å². The molecule has 0 fully saturated rings. The van der Waals surface area contributed by atoms with Gasteiger partial charge < -0.3 is 19.8 Å². The summed E-state index contributed by atoms with van der Waals surface area (Å²) >= 11 is 5.76. The summed E-state index contributed by atoms with van der Waals surface area (Å²) in [4.78, 5) is 18.6. The number of carbonyl (C=O) groups excluding carboxylic acids is 2. The summed E-state index contributed by atoms with van der Waals surface area (Å²) in [6, 6.07) is 0. The van der Waals surface area contributed by atoms with Crippen LogP contribution < -0.4 is 10.2 Å². The first-order valence-electron chi connectivity index (χ1n) is 4.06. The maximum atomic E-state index is 9.77. The third-order valence-electron chi connectivity index (χ3n) is 1.23. The summed E-state index contributed by atoms with van der Waals surface area (Å²) in [6.45, 7) is 3.55. The SMILES string of the molecule is CCC(Br)C(=O)[O-].CCC(Br)C(=O)[O-].[Sr+2]. The molecule has 0 rings (SSSR count). The molecule has 0 N–H and O–H groups in total. The van der Waals surface area contributed by atoms with Crippen molar-refractivity contribution in [1.29, 1.82) is 0 Å². The Morgan fingerprint density at radius 1 is 1.00 bits per heavy atom. The number of alkyl halides is 2. The third-order valence-corrected chi connectivity index (χ3v) is 3.27. The van der Waals surface area contributed by atoms with Crippen molar-refractivity contribution < 1.29 is 19.8 Å². The second-order valence-corrected chi connectivity index (χ2v) is 4.60. The predicted molar refractivity (Wildman–Crippen MR) is 61.8 cm³/mol. The summed E-state index contributed by atoms with van der Waals surface area (Å²) < 4.78 is 0. The molecular formula is C8H12Br2O4Sr. The molecule has 0 saturated carbocycles. The number of carbonyl (C=O) groups is 2. The van der Waals surface area contributed by atoms with Crippen molar-refractivity contribution in [2.24, 2.45) is 0 Å². The van der Waals surface area contributed by atoms with E-state index >= 15 is 0 Å². The predicted octanol–water partition coefficient (Wildman–Crippen LogP) is -0.561. The number of aliphatic carboxylic acids is 2. The maximum Gasteiger partial charge on any atom is 2.00 e. The number of halogens is 2. The topological polar surface area (TPSA) is 80.3 Å². The van der Waals surface area contributed by atoms with Crippen LogP contribution in [-0.4, -0.2) is 67.1 Å². The second-order valence-electron chi connectivity index (χ2n) is 2.39. The first kappa shape index (κ1) is 21.6. The van der Waals surface area contributed by atoms with Gasteiger partial charge in [-0.25, -0.2) is 0 Å². The van der Waals surface area contributed by atoms with Crippen LogP contribution in [0.5, 0.6) is 0 Å². The Balaban J connectivity index is -0.000000180. The Morgan fingerprint density at radius 2 is 1.20 bits per heavy atom. The van der Waals surface area contributed by atoms with Gasteiger partial charge in [0.25, 0.3) is 0 Å². The molecule has 0 aromatic carbocycles. The Kier molecular flexibility index (Phi) is 19.4. The van der Waals surface area contributed by atoms with Crippen LogP contribution in [0.25, 0.3) is 0 Å². The smallest absolute Gasteiger partial charge is 0.549 e. The first-order chi connectivity index (χ1) is 6.36. The first-order valence-corrected chi connectivity index (χ1v) is 5.89. The van der Waals surface area contributed by atoms with E-state index < -0.39 is 21.6 Å². The van der Waals surface area contributed by atoms with Gasteiger partial charge in [0, 0.05) is 0 Å². The van der Waals surface area contributed by atoms with Gasteiger partial charge in [0.05, 0.1) is 21.6 Å². The van der Waals surface area contributed by atoms with E-state index in [0.29, 0.717) is 12.8 Å². The molecule has 0 saturated heterocycles. The van der Waals surface area contributed by atoms with Gasteiger partial charge in [0.2, 0.25) is 0 Å². The molecule has 0 radical (unpaired) electrons. The van der Waals surface area contributed by atoms with Gasteiger partial charge in [-0.2, -0.15) is 0 Å². The minimum atomic E-state index is -1.04. The molecule has 84 valence electrons. The van der Waals surface area contributed by atoms with Crippen molar-refractivity contribution in [2.75, 3.05) is 0 Å². The molecule has 0 aromatic heterocycles. The van der Waals surface area contributed by atoms with Gasteiger partial charge in [-0.1, -0.05) is 45.7 Å². The fourth-order valence-electron chi connectivity index (χ4n) is 0.333. The van der Waals surface area contributed by atoms with Gasteiger partial charge in [-0.05, 0) is 12.8 Å². The molecule has 0 heterocycles. The normalized spacial score (nSPS) is 12.5. The molecule has 7 heteroatoms. The molecule has 0 aromatic rings. The van der Waals surface area contributed by atoms with Crippen molar-refractivity contribution in [3.8, 4) is 0 Å². The van der Waals surface area contributed by atoms with Gasteiger partial charge in [-0.15, -0.1) is 0 Å². The summed E-state index contributed by atoms with van der Waals surface area (Å²) in [7, 11) is 0. The van der Waals surface area contributed by atoms with E-state index in [2.05, 4.69) is 31.9 Å². The molecule has 0 amide bonds. The van der Waals surface area contributed by atoms with Crippen LogP contribution in [0.4, 0.5) is 0 Å². The van der Waals surface area contributed by atoms with Crippen molar-refractivity contribution in [2.45, 2.75) is 36.3 Å². The summed E-state index contributed by atoms with van der Waals surface area (Å²) in [5, 5.41) is 19.5. The van der Waals surface area contributed by atoms with E-state index in [0.717, 1.165) is 0 Å². The van der Waals surface area contributed by atoms with E-state index in [9.17, 15) is 19.8 Å². The fraction of sp³-hybridized carbons (Fsp3) is 0.750. The molecule has 4 nitrogen and oxygen atoms in total. The third kappa shape index (κ3) is 15.4. The Labute approximate surface area is 143 Å². The van der Waals surface area contributed by atoms with Gasteiger partial charge in [-0.3, -0.25) is 0 Å². The average molecular weight is 420 g/mol. The fourth-order valence-corrected chi connectivity index (χ4v) is 0.333. The monoisotopic (exact) mass is 418 g/mol. The van der Waals surface area contributed by atoms with E-state index in [1.54, 1.807) is 13.8 Å². The van der Waals surface area contributed by atoms with Crippen LogP contribution in [0.15, 0.2) is 0 Å². The van der Waals surface area contributed by atoms with E-state index in [-0.39, 0.29) is 45.5 Å². The zero-order chi connectivity index (χ0) is 11.7. The average Bonchev–Trinajstić information content (AvgIpc) is 2.15. The van der Waals surface area contributed by atoms with Crippen LogP contribution in [0, 0.1) is 0 Å². The summed E-state index contributed by atoms with van der Waals surface area (Å²) in [5.41, 5.74) is 0. The van der Waals surface area contributed by atoms with Crippen molar-refractivity contribution in [3.63, 3.8) is 0 Å².